The lowest BCUT2D eigenvalue weighted by Crippen LogP contribution is -2.34. The summed E-state index contributed by atoms with van der Waals surface area (Å²) in [5.41, 5.74) is 3.11. The van der Waals surface area contributed by atoms with E-state index in [1.807, 2.05) is 18.2 Å². The van der Waals surface area contributed by atoms with Crippen molar-refractivity contribution in [2.75, 3.05) is 23.9 Å². The highest BCUT2D eigenvalue weighted by atomic mass is 32.2. The second kappa shape index (κ2) is 8.71. The lowest BCUT2D eigenvalue weighted by molar-refractivity contribution is -0.125. The van der Waals surface area contributed by atoms with E-state index < -0.39 is 9.84 Å². The molecule has 11 heteroatoms. The Hall–Kier alpha value is -3.05. The quantitative estimate of drug-likeness (QED) is 0.344. The molecule has 172 valence electrons. The van der Waals surface area contributed by atoms with Crippen LogP contribution in [-0.2, 0) is 27.5 Å². The largest absolute Gasteiger partial charge is 0.356 e. The molecule has 0 saturated heterocycles. The molecular weight excluding hydrogens is 460 g/mol. The first-order chi connectivity index (χ1) is 15.9. The number of H-pyrrole nitrogens is 1. The molecule has 9 nitrogen and oxygen atoms in total. The summed E-state index contributed by atoms with van der Waals surface area (Å²) < 4.78 is 22.5. The summed E-state index contributed by atoms with van der Waals surface area (Å²) in [6.07, 6.45) is 7.17. The van der Waals surface area contributed by atoms with Crippen LogP contribution in [0.3, 0.4) is 0 Å². The number of nitrogens with zero attached hydrogens (tertiary/aromatic N) is 3. The summed E-state index contributed by atoms with van der Waals surface area (Å²) in [7, 11) is -3.01. The van der Waals surface area contributed by atoms with Crippen molar-refractivity contribution < 1.29 is 13.2 Å². The van der Waals surface area contributed by atoms with Crippen molar-refractivity contribution in [2.24, 2.45) is 5.92 Å². The van der Waals surface area contributed by atoms with Gasteiger partial charge in [0.25, 0.3) is 0 Å². The smallest absolute Gasteiger partial charge is 0.223 e. The predicted octanol–water partition coefficient (Wildman–Crippen LogP) is 2.97. The number of aromatic nitrogens is 4. The Labute approximate surface area is 194 Å². The fraction of sp³-hybridized carbons (Fsp3) is 0.364. The maximum absolute atomic E-state index is 12.6. The third kappa shape index (κ3) is 4.69. The minimum Gasteiger partial charge on any atom is -0.356 e. The Morgan fingerprint density at radius 2 is 2.18 bits per heavy atom. The van der Waals surface area contributed by atoms with Crippen molar-refractivity contribution in [3.05, 3.63) is 41.2 Å². The van der Waals surface area contributed by atoms with E-state index >= 15 is 0 Å². The maximum atomic E-state index is 12.6. The lowest BCUT2D eigenvalue weighted by atomic mass is 9.87. The molecule has 4 aromatic rings. The van der Waals surface area contributed by atoms with Gasteiger partial charge in [-0.1, -0.05) is 0 Å². The van der Waals surface area contributed by atoms with Crippen molar-refractivity contribution in [3.63, 3.8) is 0 Å². The molecule has 1 aliphatic rings. The number of thiophene rings is 1. The molecule has 1 aromatic carbocycles. The van der Waals surface area contributed by atoms with Crippen LogP contribution in [0.25, 0.3) is 21.1 Å². The first kappa shape index (κ1) is 21.8. The molecule has 3 aromatic heterocycles. The zero-order valence-electron chi connectivity index (χ0n) is 18.1. The molecule has 1 aliphatic carbocycles. The first-order valence-corrected chi connectivity index (χ1v) is 13.7. The van der Waals surface area contributed by atoms with Gasteiger partial charge in [-0.2, -0.15) is 5.10 Å². The second-order valence-electron chi connectivity index (χ2n) is 8.42. The molecule has 0 bridgehead atoms. The SMILES string of the molecule is CS(=O)(=O)CCCNC(=O)C1CCc2c(sc3ncnc(Nc4ccc5[nH]ncc5c4)c23)C1. The Balaban J connectivity index is 1.32. The van der Waals surface area contributed by atoms with Crippen LogP contribution >= 0.6 is 11.3 Å². The molecule has 1 amide bonds. The topological polar surface area (TPSA) is 130 Å². The molecular formula is C22H24N6O3S2. The molecule has 3 N–H and O–H groups in total. The van der Waals surface area contributed by atoms with Gasteiger partial charge >= 0.3 is 0 Å². The number of hydrogen-bond donors (Lipinski definition) is 3. The monoisotopic (exact) mass is 484 g/mol. The van der Waals surface area contributed by atoms with Crippen molar-refractivity contribution in [1.82, 2.24) is 25.5 Å². The van der Waals surface area contributed by atoms with Gasteiger partial charge in [-0.15, -0.1) is 11.3 Å². The van der Waals surface area contributed by atoms with E-state index in [0.29, 0.717) is 19.4 Å². The molecule has 0 radical (unpaired) electrons. The molecule has 5 rings (SSSR count). The normalized spacial score (nSPS) is 16.1. The van der Waals surface area contributed by atoms with Gasteiger partial charge in [0.1, 0.15) is 26.8 Å². The minimum atomic E-state index is -3.01. The number of hydrogen-bond acceptors (Lipinski definition) is 8. The van der Waals surface area contributed by atoms with E-state index in [0.717, 1.165) is 45.5 Å². The molecule has 0 saturated carbocycles. The maximum Gasteiger partial charge on any atom is 0.223 e. The van der Waals surface area contributed by atoms with E-state index in [1.165, 1.54) is 16.7 Å². The van der Waals surface area contributed by atoms with Crippen LogP contribution in [-0.4, -0.2) is 53.0 Å². The molecule has 3 heterocycles. The Morgan fingerprint density at radius 1 is 1.30 bits per heavy atom. The van der Waals surface area contributed by atoms with E-state index in [9.17, 15) is 13.2 Å². The molecule has 1 atom stereocenters. The summed E-state index contributed by atoms with van der Waals surface area (Å²) in [4.78, 5) is 23.7. The minimum absolute atomic E-state index is 0.00976. The van der Waals surface area contributed by atoms with Gasteiger partial charge in [0.05, 0.1) is 22.9 Å². The number of carbonyl (C=O) groups excluding carboxylic acids is 1. The van der Waals surface area contributed by atoms with Crippen LogP contribution in [0.1, 0.15) is 23.3 Å². The Kier molecular flexibility index (Phi) is 5.75. The Bertz CT molecular complexity index is 1440. The zero-order valence-corrected chi connectivity index (χ0v) is 19.7. The van der Waals surface area contributed by atoms with Crippen molar-refractivity contribution in [1.29, 1.82) is 0 Å². The van der Waals surface area contributed by atoms with Crippen LogP contribution in [0.4, 0.5) is 11.5 Å². The van der Waals surface area contributed by atoms with Crippen LogP contribution in [0.15, 0.2) is 30.7 Å². The fourth-order valence-corrected chi connectivity index (χ4v) is 6.21. The molecule has 33 heavy (non-hydrogen) atoms. The van der Waals surface area contributed by atoms with Crippen molar-refractivity contribution in [3.8, 4) is 0 Å². The van der Waals surface area contributed by atoms with E-state index in [1.54, 1.807) is 23.9 Å². The molecule has 0 spiro atoms. The Morgan fingerprint density at radius 3 is 3.03 bits per heavy atom. The highest BCUT2D eigenvalue weighted by Crippen LogP contribution is 2.40. The predicted molar refractivity (Wildman–Crippen MR) is 130 cm³/mol. The number of sulfone groups is 1. The number of carbonyl (C=O) groups is 1. The standard InChI is InChI=1S/C22H24N6O3S2/c1-33(30,31)8-2-7-23-21(29)13-3-5-16-18(10-13)32-22-19(16)20(24-12-25-22)27-15-4-6-17-14(9-15)11-26-28-17/h4,6,9,11-13H,2-3,5,7-8,10H2,1H3,(H,23,29)(H,26,28)(H,24,25,27). The van der Waals surface area contributed by atoms with E-state index in [2.05, 4.69) is 30.8 Å². The number of fused-ring (bicyclic) bond motifs is 4. The van der Waals surface area contributed by atoms with E-state index in [4.69, 9.17) is 0 Å². The van der Waals surface area contributed by atoms with Gasteiger partial charge in [-0.25, -0.2) is 18.4 Å². The summed E-state index contributed by atoms with van der Waals surface area (Å²) in [6.45, 7) is 0.377. The fourth-order valence-electron chi connectivity index (χ4n) is 4.28. The van der Waals surface area contributed by atoms with Gasteiger partial charge in [-0.3, -0.25) is 9.89 Å². The average molecular weight is 485 g/mol. The number of nitrogens with one attached hydrogen (secondary N) is 3. The lowest BCUT2D eigenvalue weighted by Gasteiger charge is -2.21. The van der Waals surface area contributed by atoms with Gasteiger partial charge < -0.3 is 10.6 Å². The number of amides is 1. The zero-order chi connectivity index (χ0) is 23.0. The van der Waals surface area contributed by atoms with E-state index in [-0.39, 0.29) is 17.6 Å². The molecule has 0 aliphatic heterocycles. The summed E-state index contributed by atoms with van der Waals surface area (Å²) in [5, 5.41) is 15.4. The summed E-state index contributed by atoms with van der Waals surface area (Å²) >= 11 is 1.62. The highest BCUT2D eigenvalue weighted by Gasteiger charge is 2.29. The van der Waals surface area contributed by atoms with Crippen LogP contribution in [0, 0.1) is 5.92 Å². The second-order valence-corrected chi connectivity index (χ2v) is 11.8. The summed E-state index contributed by atoms with van der Waals surface area (Å²) in [5.74, 6) is 0.727. The van der Waals surface area contributed by atoms with Crippen LogP contribution in [0.2, 0.25) is 0 Å². The van der Waals surface area contributed by atoms with Gasteiger partial charge in [-0.05, 0) is 49.4 Å². The molecule has 0 fully saturated rings. The number of rotatable bonds is 7. The molecule has 1 unspecified atom stereocenters. The van der Waals surface area contributed by atoms with Crippen molar-refractivity contribution >= 4 is 59.7 Å². The summed E-state index contributed by atoms with van der Waals surface area (Å²) in [6, 6.07) is 5.98. The van der Waals surface area contributed by atoms with Gasteiger partial charge in [0, 0.05) is 34.7 Å². The third-order valence-electron chi connectivity index (χ3n) is 5.91. The van der Waals surface area contributed by atoms with Crippen LogP contribution < -0.4 is 10.6 Å². The van der Waals surface area contributed by atoms with Gasteiger partial charge in [0.15, 0.2) is 0 Å². The van der Waals surface area contributed by atoms with Crippen LogP contribution in [0.5, 0.6) is 0 Å². The number of benzene rings is 1. The average Bonchev–Trinajstić information content (AvgIpc) is 3.39. The number of aromatic amines is 1. The number of anilines is 2. The van der Waals surface area contributed by atoms with Crippen molar-refractivity contribution in [2.45, 2.75) is 25.7 Å². The van der Waals surface area contributed by atoms with Gasteiger partial charge in [0.2, 0.25) is 5.91 Å². The highest BCUT2D eigenvalue weighted by molar-refractivity contribution is 7.90. The first-order valence-electron chi connectivity index (χ1n) is 10.8. The number of aryl methyl sites for hydroxylation is 1. The third-order valence-corrected chi connectivity index (χ3v) is 8.10.